The molecule has 0 spiro atoms. The molecule has 0 saturated carbocycles. The number of aromatic nitrogens is 1. The molecule has 3 aromatic rings. The highest BCUT2D eigenvalue weighted by molar-refractivity contribution is 7.13. The molecule has 0 aliphatic carbocycles. The van der Waals surface area contributed by atoms with E-state index in [1.807, 2.05) is 13.0 Å². The number of benzene rings is 2. The fourth-order valence-electron chi connectivity index (χ4n) is 2.31. The smallest absolute Gasteiger partial charge is 0.270 e. The van der Waals surface area contributed by atoms with Crippen LogP contribution in [0.3, 0.4) is 0 Å². The molecule has 26 heavy (non-hydrogen) atoms. The van der Waals surface area contributed by atoms with Gasteiger partial charge in [0.05, 0.1) is 5.56 Å². The summed E-state index contributed by atoms with van der Waals surface area (Å²) < 4.78 is 32.9. The summed E-state index contributed by atoms with van der Waals surface area (Å²) in [5.74, 6) is -1.06. The summed E-state index contributed by atoms with van der Waals surface area (Å²) in [7, 11) is 0. The number of hydrogen-bond acceptors (Lipinski definition) is 4. The maximum absolute atomic E-state index is 13.7. The Kier molecular flexibility index (Phi) is 5.58. The molecule has 7 heteroatoms. The van der Waals surface area contributed by atoms with Gasteiger partial charge in [-0.2, -0.15) is 0 Å². The average Bonchev–Trinajstić information content (AvgIpc) is 3.12. The van der Waals surface area contributed by atoms with E-state index in [0.29, 0.717) is 23.0 Å². The van der Waals surface area contributed by atoms with Crippen LogP contribution in [-0.2, 0) is 6.61 Å². The Morgan fingerprint density at radius 2 is 1.92 bits per heavy atom. The van der Waals surface area contributed by atoms with E-state index in [0.717, 1.165) is 5.56 Å². The predicted molar refractivity (Wildman–Crippen MR) is 96.2 cm³/mol. The van der Waals surface area contributed by atoms with Crippen molar-refractivity contribution in [3.8, 4) is 16.3 Å². The molecule has 2 aromatic carbocycles. The van der Waals surface area contributed by atoms with E-state index in [-0.39, 0.29) is 18.1 Å². The van der Waals surface area contributed by atoms with Gasteiger partial charge in [0.1, 0.15) is 34.7 Å². The number of carbonyl (C=O) groups excluding carboxylic acids is 1. The summed E-state index contributed by atoms with van der Waals surface area (Å²) in [6.07, 6.45) is 0. The van der Waals surface area contributed by atoms with E-state index in [9.17, 15) is 13.6 Å². The molecule has 0 aliphatic heterocycles. The van der Waals surface area contributed by atoms with Gasteiger partial charge in [-0.1, -0.05) is 18.2 Å². The molecule has 0 aliphatic rings. The first-order valence-corrected chi connectivity index (χ1v) is 8.86. The summed E-state index contributed by atoms with van der Waals surface area (Å²) in [4.78, 5) is 16.1. The maximum Gasteiger partial charge on any atom is 0.270 e. The van der Waals surface area contributed by atoms with Gasteiger partial charge in [-0.05, 0) is 31.2 Å². The number of rotatable bonds is 6. The first-order valence-electron chi connectivity index (χ1n) is 7.98. The van der Waals surface area contributed by atoms with Crippen molar-refractivity contribution in [1.82, 2.24) is 10.3 Å². The standard InChI is InChI=1S/C19H16F2N2O2S/c1-2-22-18(24)17-11-26-19(23-17)12-5-3-6-13(9-12)25-10-14-15(20)7-4-8-16(14)21/h3-9,11H,2,10H2,1H3,(H,22,24). The second-order valence-corrected chi connectivity index (χ2v) is 6.27. The highest BCUT2D eigenvalue weighted by atomic mass is 32.1. The number of amides is 1. The summed E-state index contributed by atoms with van der Waals surface area (Å²) in [6.45, 7) is 2.15. The molecular weight excluding hydrogens is 358 g/mol. The zero-order valence-electron chi connectivity index (χ0n) is 14.0. The minimum Gasteiger partial charge on any atom is -0.489 e. The average molecular weight is 374 g/mol. The Balaban J connectivity index is 1.75. The molecule has 1 heterocycles. The van der Waals surface area contributed by atoms with Crippen LogP contribution in [0.15, 0.2) is 47.8 Å². The molecule has 1 amide bonds. The minimum absolute atomic E-state index is 0.120. The molecular formula is C19H16F2N2O2S. The van der Waals surface area contributed by atoms with Crippen molar-refractivity contribution in [3.63, 3.8) is 0 Å². The monoisotopic (exact) mass is 374 g/mol. The second kappa shape index (κ2) is 8.05. The number of nitrogens with zero attached hydrogens (tertiary/aromatic N) is 1. The molecule has 1 N–H and O–H groups in total. The van der Waals surface area contributed by atoms with E-state index < -0.39 is 11.6 Å². The molecule has 3 rings (SSSR count). The summed E-state index contributed by atoms with van der Waals surface area (Å²) >= 11 is 1.34. The summed E-state index contributed by atoms with van der Waals surface area (Å²) in [5, 5.41) is 5.04. The summed E-state index contributed by atoms with van der Waals surface area (Å²) in [5.41, 5.74) is 0.995. The first kappa shape index (κ1) is 18.0. The van der Waals surface area contributed by atoms with Crippen molar-refractivity contribution in [2.45, 2.75) is 13.5 Å². The van der Waals surface area contributed by atoms with Gasteiger partial charge in [0.2, 0.25) is 0 Å². The van der Waals surface area contributed by atoms with E-state index in [1.165, 1.54) is 29.5 Å². The normalized spacial score (nSPS) is 10.6. The van der Waals surface area contributed by atoms with Crippen molar-refractivity contribution in [1.29, 1.82) is 0 Å². The largest absolute Gasteiger partial charge is 0.489 e. The van der Waals surface area contributed by atoms with Crippen LogP contribution in [0.4, 0.5) is 8.78 Å². The number of ether oxygens (including phenoxy) is 1. The molecule has 0 bridgehead atoms. The fourth-order valence-corrected chi connectivity index (χ4v) is 3.10. The van der Waals surface area contributed by atoms with E-state index in [2.05, 4.69) is 10.3 Å². The first-order chi connectivity index (χ1) is 12.6. The van der Waals surface area contributed by atoms with Gasteiger partial charge >= 0.3 is 0 Å². The maximum atomic E-state index is 13.7. The zero-order chi connectivity index (χ0) is 18.5. The van der Waals surface area contributed by atoms with Gasteiger partial charge in [-0.15, -0.1) is 11.3 Å². The Bertz CT molecular complexity index is 907. The number of thiazole rings is 1. The molecule has 1 aromatic heterocycles. The van der Waals surface area contributed by atoms with Crippen LogP contribution in [0.1, 0.15) is 23.0 Å². The highest BCUT2D eigenvalue weighted by Gasteiger charge is 2.12. The van der Waals surface area contributed by atoms with Crippen molar-refractivity contribution in [3.05, 3.63) is 70.7 Å². The number of carbonyl (C=O) groups is 1. The van der Waals surface area contributed by atoms with Crippen molar-refractivity contribution >= 4 is 17.2 Å². The number of halogens is 2. The Morgan fingerprint density at radius 3 is 2.65 bits per heavy atom. The van der Waals surface area contributed by atoms with Crippen molar-refractivity contribution in [2.75, 3.05) is 6.54 Å². The van der Waals surface area contributed by atoms with Crippen LogP contribution in [0.2, 0.25) is 0 Å². The molecule has 0 radical (unpaired) electrons. The van der Waals surface area contributed by atoms with Crippen LogP contribution in [0.5, 0.6) is 5.75 Å². The molecule has 4 nitrogen and oxygen atoms in total. The molecule has 134 valence electrons. The minimum atomic E-state index is -0.646. The topological polar surface area (TPSA) is 51.2 Å². The lowest BCUT2D eigenvalue weighted by Gasteiger charge is -2.09. The van der Waals surface area contributed by atoms with E-state index in [1.54, 1.807) is 23.6 Å². The quantitative estimate of drug-likeness (QED) is 0.695. The van der Waals surface area contributed by atoms with Gasteiger partial charge in [0.15, 0.2) is 0 Å². The Hall–Kier alpha value is -2.80. The predicted octanol–water partition coefficient (Wildman–Crippen LogP) is 4.42. The third kappa shape index (κ3) is 4.05. The van der Waals surface area contributed by atoms with Crippen LogP contribution in [0.25, 0.3) is 10.6 Å². The van der Waals surface area contributed by atoms with Crippen LogP contribution < -0.4 is 10.1 Å². The Morgan fingerprint density at radius 1 is 1.19 bits per heavy atom. The number of hydrogen-bond donors (Lipinski definition) is 1. The second-order valence-electron chi connectivity index (χ2n) is 5.41. The SMILES string of the molecule is CCNC(=O)c1csc(-c2cccc(OCc3c(F)cccc3F)c2)n1. The van der Waals surface area contributed by atoms with Gasteiger partial charge in [-0.25, -0.2) is 13.8 Å². The van der Waals surface area contributed by atoms with Gasteiger partial charge in [-0.3, -0.25) is 4.79 Å². The zero-order valence-corrected chi connectivity index (χ0v) is 14.8. The third-order valence-electron chi connectivity index (χ3n) is 3.60. The van der Waals surface area contributed by atoms with Gasteiger partial charge < -0.3 is 10.1 Å². The lowest BCUT2D eigenvalue weighted by atomic mass is 10.2. The van der Waals surface area contributed by atoms with Crippen LogP contribution in [-0.4, -0.2) is 17.4 Å². The summed E-state index contributed by atoms with van der Waals surface area (Å²) in [6, 6.07) is 10.7. The lowest BCUT2D eigenvalue weighted by molar-refractivity contribution is 0.0951. The van der Waals surface area contributed by atoms with Crippen LogP contribution in [0, 0.1) is 11.6 Å². The molecule has 0 unspecified atom stereocenters. The van der Waals surface area contributed by atoms with E-state index in [4.69, 9.17) is 4.74 Å². The highest BCUT2D eigenvalue weighted by Crippen LogP contribution is 2.27. The van der Waals surface area contributed by atoms with Crippen molar-refractivity contribution in [2.24, 2.45) is 0 Å². The van der Waals surface area contributed by atoms with Crippen molar-refractivity contribution < 1.29 is 18.3 Å². The van der Waals surface area contributed by atoms with Gasteiger partial charge in [0, 0.05) is 17.5 Å². The molecule has 0 saturated heterocycles. The fraction of sp³-hybridized carbons (Fsp3) is 0.158. The van der Waals surface area contributed by atoms with Gasteiger partial charge in [0.25, 0.3) is 5.91 Å². The third-order valence-corrected chi connectivity index (χ3v) is 4.49. The lowest BCUT2D eigenvalue weighted by Crippen LogP contribution is -2.22. The van der Waals surface area contributed by atoms with E-state index >= 15 is 0 Å². The van der Waals surface area contributed by atoms with Crippen LogP contribution >= 0.6 is 11.3 Å². The number of nitrogens with one attached hydrogen (secondary N) is 1. The Labute approximate surface area is 153 Å². The molecule has 0 fully saturated rings. The molecule has 0 atom stereocenters.